The number of carbonyl (C=O) groups is 4. The SMILES string of the molecule is COC(=O)N[C@H](C(=O)N1C2CC2C[C@H]1c1ncc(-c2ccc(-c3ccc4cc(-c5cnc([C@@H]6C[C@]7(C)CC7N6C(=O)[C@@H](NC(=O)OC)C6CCOCC6)[nH]5)ccc4c3)cc2)[nH]1)C1CCOCC1. The molecule has 8 atom stereocenters. The number of amides is 4. The first-order chi connectivity index (χ1) is 32.6. The predicted molar refractivity (Wildman–Crippen MR) is 247 cm³/mol. The zero-order chi connectivity index (χ0) is 46.0. The molecule has 0 radical (unpaired) electrons. The quantitative estimate of drug-likeness (QED) is 0.105. The number of hydrogen-bond acceptors (Lipinski definition) is 10. The number of piperidine rings is 2. The molecule has 5 aromatic rings. The Morgan fingerprint density at radius 3 is 1.76 bits per heavy atom. The predicted octanol–water partition coefficient (Wildman–Crippen LogP) is 7.30. The lowest BCUT2D eigenvalue weighted by molar-refractivity contribution is -0.138. The van der Waals surface area contributed by atoms with Gasteiger partial charge < -0.3 is 49.3 Å². The van der Waals surface area contributed by atoms with Gasteiger partial charge in [-0.25, -0.2) is 19.6 Å². The van der Waals surface area contributed by atoms with Crippen molar-refractivity contribution in [2.45, 2.75) is 94.5 Å². The molecule has 16 heteroatoms. The molecular weight excluding hydrogens is 853 g/mol. The van der Waals surface area contributed by atoms with Crippen molar-refractivity contribution in [3.05, 3.63) is 84.7 Å². The molecule has 0 bridgehead atoms. The van der Waals surface area contributed by atoms with E-state index < -0.39 is 24.3 Å². The van der Waals surface area contributed by atoms with Gasteiger partial charge in [0.25, 0.3) is 0 Å². The molecule has 0 spiro atoms. The third-order valence-corrected chi connectivity index (χ3v) is 15.7. The van der Waals surface area contributed by atoms with Gasteiger partial charge in [-0.15, -0.1) is 0 Å². The molecule has 350 valence electrons. The highest BCUT2D eigenvalue weighted by molar-refractivity contribution is 5.91. The van der Waals surface area contributed by atoms with Crippen molar-refractivity contribution in [1.29, 1.82) is 0 Å². The molecule has 2 aliphatic carbocycles. The number of nitrogens with zero attached hydrogens (tertiary/aromatic N) is 4. The maximum atomic E-state index is 14.4. The number of likely N-dealkylation sites (tertiary alicyclic amines) is 2. The summed E-state index contributed by atoms with van der Waals surface area (Å²) in [5.74, 6) is 1.73. The van der Waals surface area contributed by atoms with E-state index in [4.69, 9.17) is 28.9 Å². The first-order valence-corrected chi connectivity index (χ1v) is 23.8. The minimum atomic E-state index is -0.691. The van der Waals surface area contributed by atoms with Gasteiger partial charge in [0.15, 0.2) is 0 Å². The van der Waals surface area contributed by atoms with Gasteiger partial charge in [-0.1, -0.05) is 55.5 Å². The number of hydrogen-bond donors (Lipinski definition) is 4. The van der Waals surface area contributed by atoms with Gasteiger partial charge in [-0.3, -0.25) is 9.59 Å². The Morgan fingerprint density at radius 1 is 0.657 bits per heavy atom. The molecule has 2 aromatic heterocycles. The van der Waals surface area contributed by atoms with Crippen molar-refractivity contribution in [2.24, 2.45) is 23.2 Å². The average molecular weight is 911 g/mol. The fourth-order valence-electron chi connectivity index (χ4n) is 11.6. The van der Waals surface area contributed by atoms with Crippen LogP contribution in [0, 0.1) is 23.2 Å². The lowest BCUT2D eigenvalue weighted by Crippen LogP contribution is -2.54. The van der Waals surface area contributed by atoms with Gasteiger partial charge in [0.2, 0.25) is 11.8 Å². The highest BCUT2D eigenvalue weighted by Crippen LogP contribution is 2.63. The molecule has 16 nitrogen and oxygen atoms in total. The third kappa shape index (κ3) is 8.21. The van der Waals surface area contributed by atoms with E-state index in [1.54, 1.807) is 0 Å². The lowest BCUT2D eigenvalue weighted by atomic mass is 9.90. The molecule has 67 heavy (non-hydrogen) atoms. The molecule has 3 unspecified atom stereocenters. The number of fused-ring (bicyclic) bond motifs is 3. The molecule has 6 fully saturated rings. The normalized spacial score (nSPS) is 26.6. The monoisotopic (exact) mass is 910 g/mol. The van der Waals surface area contributed by atoms with Crippen molar-refractivity contribution in [3.63, 3.8) is 0 Å². The molecule has 4 saturated heterocycles. The largest absolute Gasteiger partial charge is 0.453 e. The standard InChI is InChI=1S/C51H58N8O8/c1-51-24-41(59(42(51)25-51)48(61)44(57-50(63)65-3)31-14-18-67-19-15-31)46-53-27-38(55-46)35-11-10-33-20-32(8-9-34(33)21-35)28-4-6-29(7-5-28)37-26-52-45(54-37)40-23-36-22-39(36)58(40)47(60)43(56-49(62)64-2)30-12-16-66-17-13-30/h4-11,20-21,26-27,30-31,36,39-44H,12-19,22-25H2,1-3H3,(H,52,54)(H,53,55)(H,56,62)(H,57,63)/t36?,39?,40-,41-,42?,43-,44-,51+/m0/s1. The molecule has 6 aliphatic rings. The first-order valence-electron chi connectivity index (χ1n) is 23.8. The van der Waals surface area contributed by atoms with E-state index >= 15 is 0 Å². The van der Waals surface area contributed by atoms with Crippen LogP contribution < -0.4 is 10.6 Å². The van der Waals surface area contributed by atoms with Crippen LogP contribution in [-0.2, 0) is 28.5 Å². The number of nitrogens with one attached hydrogen (secondary N) is 4. The number of imidazole rings is 2. The molecule has 4 N–H and O–H groups in total. The Hall–Kier alpha value is -6.26. The van der Waals surface area contributed by atoms with Crippen LogP contribution in [0.25, 0.3) is 44.4 Å². The summed E-state index contributed by atoms with van der Waals surface area (Å²) in [6.45, 7) is 4.48. The summed E-state index contributed by atoms with van der Waals surface area (Å²) in [5.41, 5.74) is 5.95. The minimum Gasteiger partial charge on any atom is -0.453 e. The first kappa shape index (κ1) is 43.3. The minimum absolute atomic E-state index is 0.0197. The zero-order valence-electron chi connectivity index (χ0n) is 38.2. The number of alkyl carbamates (subject to hydrolysis) is 2. The van der Waals surface area contributed by atoms with E-state index in [2.05, 4.69) is 88.2 Å². The van der Waals surface area contributed by atoms with Crippen LogP contribution in [0.2, 0.25) is 0 Å². The van der Waals surface area contributed by atoms with Crippen molar-refractivity contribution >= 4 is 34.8 Å². The Morgan fingerprint density at radius 2 is 1.16 bits per heavy atom. The topological polar surface area (TPSA) is 193 Å². The number of aromatic amines is 2. The average Bonchev–Trinajstić information content (AvgIpc) is 3.86. The Labute approximate surface area is 388 Å². The summed E-state index contributed by atoms with van der Waals surface area (Å²) in [4.78, 5) is 74.2. The van der Waals surface area contributed by atoms with Crippen LogP contribution in [0.5, 0.6) is 0 Å². The smallest absolute Gasteiger partial charge is 0.407 e. The summed E-state index contributed by atoms with van der Waals surface area (Å²) >= 11 is 0. The number of carbonyl (C=O) groups excluding carboxylic acids is 4. The van der Waals surface area contributed by atoms with Crippen LogP contribution in [0.4, 0.5) is 9.59 Å². The number of rotatable bonds is 11. The van der Waals surface area contributed by atoms with Crippen molar-refractivity contribution in [3.8, 4) is 33.6 Å². The van der Waals surface area contributed by atoms with Crippen molar-refractivity contribution < 1.29 is 38.1 Å². The highest BCUT2D eigenvalue weighted by atomic mass is 16.5. The molecule has 11 rings (SSSR count). The second-order valence-electron chi connectivity index (χ2n) is 19.7. The van der Waals surface area contributed by atoms with Gasteiger partial charge in [-0.2, -0.15) is 0 Å². The number of ether oxygens (including phenoxy) is 4. The second kappa shape index (κ2) is 17.4. The van der Waals surface area contributed by atoms with Crippen LogP contribution in [0.1, 0.15) is 82.0 Å². The van der Waals surface area contributed by atoms with Crippen molar-refractivity contribution in [2.75, 3.05) is 40.6 Å². The van der Waals surface area contributed by atoms with Gasteiger partial charge >= 0.3 is 12.2 Å². The number of aromatic nitrogens is 4. The van der Waals surface area contributed by atoms with E-state index in [-0.39, 0.29) is 53.2 Å². The maximum Gasteiger partial charge on any atom is 0.407 e. The lowest BCUT2D eigenvalue weighted by Gasteiger charge is -2.35. The van der Waals surface area contributed by atoms with Crippen molar-refractivity contribution in [1.82, 2.24) is 40.4 Å². The van der Waals surface area contributed by atoms with Gasteiger partial charge in [-0.05, 0) is 114 Å². The van der Waals surface area contributed by atoms with Gasteiger partial charge in [0, 0.05) is 44.1 Å². The zero-order valence-corrected chi connectivity index (χ0v) is 38.2. The summed E-state index contributed by atoms with van der Waals surface area (Å²) in [5, 5.41) is 7.93. The Balaban J connectivity index is 0.774. The number of methoxy groups -OCH3 is 2. The van der Waals surface area contributed by atoms with E-state index in [1.165, 1.54) is 14.2 Å². The summed E-state index contributed by atoms with van der Waals surface area (Å²) < 4.78 is 21.0. The van der Waals surface area contributed by atoms with Crippen LogP contribution >= 0.6 is 0 Å². The van der Waals surface area contributed by atoms with Crippen LogP contribution in [0.3, 0.4) is 0 Å². The van der Waals surface area contributed by atoms with Gasteiger partial charge in [0.1, 0.15) is 23.7 Å². The molecular formula is C51H58N8O8. The molecule has 4 aliphatic heterocycles. The number of benzene rings is 3. The summed E-state index contributed by atoms with van der Waals surface area (Å²) in [6.07, 6.45) is 8.84. The second-order valence-corrected chi connectivity index (χ2v) is 19.7. The molecule has 2 saturated carbocycles. The van der Waals surface area contributed by atoms with Crippen LogP contribution in [-0.4, -0.2) is 119 Å². The van der Waals surface area contributed by atoms with E-state index in [9.17, 15) is 19.2 Å². The van der Waals surface area contributed by atoms with E-state index in [0.29, 0.717) is 58.0 Å². The Kier molecular flexibility index (Phi) is 11.3. The number of H-pyrrole nitrogens is 2. The fraction of sp³-hybridized carbons (Fsp3) is 0.490. The van der Waals surface area contributed by atoms with Gasteiger partial charge in [0.05, 0.1) is 50.1 Å². The summed E-state index contributed by atoms with van der Waals surface area (Å²) in [7, 11) is 2.64. The maximum absolute atomic E-state index is 14.4. The fourth-order valence-corrected chi connectivity index (χ4v) is 11.6. The van der Waals surface area contributed by atoms with Crippen LogP contribution in [0.15, 0.2) is 73.1 Å². The molecule has 4 amide bonds. The highest BCUT2D eigenvalue weighted by Gasteiger charge is 2.64. The molecule has 3 aromatic carbocycles. The van der Waals surface area contributed by atoms with E-state index in [0.717, 1.165) is 81.7 Å². The third-order valence-electron chi connectivity index (χ3n) is 15.7. The summed E-state index contributed by atoms with van der Waals surface area (Å²) in [6, 6.07) is 19.8. The molecule has 6 heterocycles. The Bertz CT molecular complexity index is 2690. The van der Waals surface area contributed by atoms with E-state index in [1.807, 2.05) is 22.2 Å².